The van der Waals surface area contributed by atoms with Gasteiger partial charge in [-0.15, -0.1) is 23.2 Å². The lowest BCUT2D eigenvalue weighted by molar-refractivity contribution is -0.135. The maximum absolute atomic E-state index is 14.4. The Hall–Kier alpha value is -9.24. The summed E-state index contributed by atoms with van der Waals surface area (Å²) in [5, 5.41) is 37.0. The molecule has 8 amide bonds. The largest absolute Gasteiger partial charge is 0.478 e. The summed E-state index contributed by atoms with van der Waals surface area (Å²) in [4.78, 5) is 189. The fourth-order valence-electron chi connectivity index (χ4n) is 11.9. The number of hydrogen-bond acceptors (Lipinski definition) is 16. The average Bonchev–Trinajstić information content (AvgIpc) is 1.65. The molecule has 4 bridgehead atoms. The molecule has 3 aliphatic heterocycles. The van der Waals surface area contributed by atoms with Crippen molar-refractivity contribution in [2.75, 3.05) is 78.3 Å². The molecule has 28 heteroatoms. The summed E-state index contributed by atoms with van der Waals surface area (Å²) in [6.07, 6.45) is 0.00962. The predicted octanol–water partition coefficient (Wildman–Crippen LogP) is 5.91. The summed E-state index contributed by atoms with van der Waals surface area (Å²) < 4.78 is 11.1. The van der Waals surface area contributed by atoms with Gasteiger partial charge in [0.05, 0.1) is 55.2 Å². The van der Waals surface area contributed by atoms with Gasteiger partial charge in [0.2, 0.25) is 47.3 Å². The first kappa shape index (κ1) is 75.1. The van der Waals surface area contributed by atoms with E-state index in [9.17, 15) is 67.1 Å². The number of ether oxygens (including phenoxy) is 2. The average molecular weight is 1380 g/mol. The highest BCUT2D eigenvalue weighted by Gasteiger charge is 2.39. The van der Waals surface area contributed by atoms with Gasteiger partial charge in [-0.2, -0.15) is 0 Å². The molecule has 3 aliphatic rings. The maximum atomic E-state index is 14.4. The van der Waals surface area contributed by atoms with Crippen molar-refractivity contribution in [1.29, 1.82) is 0 Å². The molecule has 0 spiro atoms. The number of carboxylic acid groups (broad SMARTS) is 2. The van der Waals surface area contributed by atoms with E-state index in [1.54, 1.807) is 47.9 Å². The molecular formula is C69H80Cl2N8O18. The zero-order chi connectivity index (χ0) is 70.6. The standard InChI is InChI=1S/C69H80Cl2N8O18/c1-38-29-55(82)40(3)73-58(85)22-26-96-25-10-15-54(81)66(77-57(84)19-21-63(91)92)49(31-44(80)18-20-62(89)90)69(95)72-24-28-97-27-23-59(86)74-41(4)56(83)30-39(2)68(94)76-51-33-53-65(48-14-8-6-12-46(48)51)43(35-71)37-79(53)61(88)17-9-16-60(87)78-36-42(34-70)64-47-13-7-5-11-45(47)50(32-52(64)78)75-67(38)93/h5-8,11-14,18-21,32-33,38-43,49,66H,9-10,15-17,22-31,34-37H2,1-4H3,(H,72,95)(H,73,85)(H,74,86)(H,75,93)(H,76,94)(H,77,84)(H,89,90)(H,91,92)/b20-18-,21-19-/t38?,39?,40?,41?,42-,43-,49?,66?/m1/s1. The number of carbonyl (C=O) groups is 14. The molecule has 518 valence electrons. The van der Waals surface area contributed by atoms with Crippen LogP contribution in [0, 0.1) is 17.8 Å². The van der Waals surface area contributed by atoms with E-state index in [0.29, 0.717) is 57.8 Å². The smallest absolute Gasteiger partial charge is 0.328 e. The number of Topliss-reactive ketones (excluding diaryl/α,β-unsaturated/α-hetero) is 3. The molecule has 3 heterocycles. The van der Waals surface area contributed by atoms with Crippen LogP contribution in [-0.2, 0) is 76.6 Å². The van der Waals surface area contributed by atoms with Gasteiger partial charge in [-0.25, -0.2) is 9.59 Å². The SMILES string of the molecule is CC1CC(=O)C(C)NC(=O)CCOCCCC(=O)C(NC(=O)/C=C\C(=O)O)C(CC(=O)/C=C\C(=O)O)C(=O)NCCOCCC(=O)NC(C)C(=O)CC(C)C(=O)Nc2cc3c(c4ccccc24)[C@H](CCl)CN3C(=O)CCCC(=O)N2C[C@@H](CCl)c3c2cc(c2ccccc32)NC1=O. The molecule has 8 N–H and O–H groups in total. The Morgan fingerprint density at radius 3 is 1.47 bits per heavy atom. The number of ketones is 4. The molecular weight excluding hydrogens is 1300 g/mol. The first-order valence-electron chi connectivity index (χ1n) is 32.0. The van der Waals surface area contributed by atoms with Gasteiger partial charge in [-0.1, -0.05) is 62.4 Å². The predicted molar refractivity (Wildman–Crippen MR) is 360 cm³/mol. The monoisotopic (exact) mass is 1380 g/mol. The first-order chi connectivity index (χ1) is 46.3. The molecule has 97 heavy (non-hydrogen) atoms. The van der Waals surface area contributed by atoms with Crippen LogP contribution in [-0.4, -0.2) is 168 Å². The second kappa shape index (κ2) is 35.7. The zero-order valence-corrected chi connectivity index (χ0v) is 55.7. The van der Waals surface area contributed by atoms with Crippen LogP contribution < -0.4 is 41.7 Å². The Kier molecular flexibility index (Phi) is 27.6. The summed E-state index contributed by atoms with van der Waals surface area (Å²) in [6, 6.07) is 14.2. The minimum atomic E-state index is -1.79. The van der Waals surface area contributed by atoms with Crippen LogP contribution in [0.4, 0.5) is 22.7 Å². The van der Waals surface area contributed by atoms with Gasteiger partial charge in [-0.3, -0.25) is 57.5 Å². The van der Waals surface area contributed by atoms with Crippen LogP contribution >= 0.6 is 23.2 Å². The second-order valence-corrected chi connectivity index (χ2v) is 24.9. The van der Waals surface area contributed by atoms with Gasteiger partial charge in [0.1, 0.15) is 0 Å². The Morgan fingerprint density at radius 2 is 1.01 bits per heavy atom. The van der Waals surface area contributed by atoms with Crippen LogP contribution in [0.5, 0.6) is 0 Å². The number of amides is 8. The molecule has 8 atom stereocenters. The summed E-state index contributed by atoms with van der Waals surface area (Å²) in [7, 11) is 0. The molecule has 0 aromatic heterocycles. The van der Waals surface area contributed by atoms with Crippen molar-refractivity contribution in [2.24, 2.45) is 17.8 Å². The molecule has 4 aromatic carbocycles. The minimum Gasteiger partial charge on any atom is -0.478 e. The molecule has 0 radical (unpaired) electrons. The molecule has 0 aliphatic carbocycles. The number of benzene rings is 4. The summed E-state index contributed by atoms with van der Waals surface area (Å²) in [5.74, 6) is -14.3. The molecule has 7 rings (SSSR count). The van der Waals surface area contributed by atoms with Crippen molar-refractivity contribution in [1.82, 2.24) is 21.3 Å². The number of halogens is 2. The number of rotatable bonds is 9. The summed E-state index contributed by atoms with van der Waals surface area (Å²) >= 11 is 13.2. The van der Waals surface area contributed by atoms with Gasteiger partial charge in [-0.05, 0) is 66.8 Å². The molecule has 26 nitrogen and oxygen atoms in total. The van der Waals surface area contributed by atoms with E-state index >= 15 is 0 Å². The highest BCUT2D eigenvalue weighted by atomic mass is 35.5. The lowest BCUT2D eigenvalue weighted by Gasteiger charge is -2.25. The Balaban J connectivity index is 1.10. The molecule has 0 fully saturated rings. The van der Waals surface area contributed by atoms with E-state index < -0.39 is 119 Å². The summed E-state index contributed by atoms with van der Waals surface area (Å²) in [6.45, 7) is 5.45. The van der Waals surface area contributed by atoms with Gasteiger partial charge >= 0.3 is 11.9 Å². The number of carboxylic acids is 2. The number of hydrogen-bond donors (Lipinski definition) is 8. The highest BCUT2D eigenvalue weighted by Crippen LogP contribution is 2.47. The fraction of sp³-hybridized carbons (Fsp3) is 0.449. The molecule has 0 saturated heterocycles. The lowest BCUT2D eigenvalue weighted by Crippen LogP contribution is -2.51. The third-order valence-corrected chi connectivity index (χ3v) is 17.8. The van der Waals surface area contributed by atoms with E-state index in [4.69, 9.17) is 42.9 Å². The van der Waals surface area contributed by atoms with Gasteiger partial charge in [0.25, 0.3) is 0 Å². The molecule has 0 saturated carbocycles. The van der Waals surface area contributed by atoms with Crippen LogP contribution in [0.25, 0.3) is 21.5 Å². The van der Waals surface area contributed by atoms with E-state index in [-0.39, 0.29) is 133 Å². The maximum Gasteiger partial charge on any atom is 0.328 e. The quantitative estimate of drug-likeness (QED) is 0.0712. The van der Waals surface area contributed by atoms with E-state index in [1.165, 1.54) is 13.8 Å². The zero-order valence-electron chi connectivity index (χ0n) is 54.2. The molecule has 4 aromatic rings. The highest BCUT2D eigenvalue weighted by molar-refractivity contribution is 6.20. The lowest BCUT2D eigenvalue weighted by atomic mass is 9.88. The Morgan fingerprint density at radius 1 is 0.557 bits per heavy atom. The summed E-state index contributed by atoms with van der Waals surface area (Å²) in [5.41, 5.74) is 3.43. The van der Waals surface area contributed by atoms with Gasteiger partial charge in [0.15, 0.2) is 23.1 Å². The van der Waals surface area contributed by atoms with E-state index in [2.05, 4.69) is 31.9 Å². The van der Waals surface area contributed by atoms with Gasteiger partial charge < -0.3 is 61.4 Å². The first-order valence-corrected chi connectivity index (χ1v) is 33.1. The molecule has 6 unspecified atom stereocenters. The van der Waals surface area contributed by atoms with Crippen molar-refractivity contribution >= 4 is 150 Å². The topological polar surface area (TPSA) is 377 Å². The van der Waals surface area contributed by atoms with Crippen molar-refractivity contribution in [3.8, 4) is 0 Å². The number of fused-ring (bicyclic) bond motifs is 8. The number of nitrogens with one attached hydrogen (secondary N) is 6. The number of carbonyl (C=O) groups excluding carboxylic acids is 12. The van der Waals surface area contributed by atoms with Gasteiger partial charge in [0, 0.05) is 153 Å². The number of anilines is 4. The Labute approximate surface area is 569 Å². The van der Waals surface area contributed by atoms with Crippen LogP contribution in [0.3, 0.4) is 0 Å². The van der Waals surface area contributed by atoms with E-state index in [1.807, 2.05) is 36.4 Å². The number of aliphatic carboxylic acids is 2. The number of alkyl halides is 2. The number of nitrogens with zero attached hydrogens (tertiary/aromatic N) is 2. The van der Waals surface area contributed by atoms with Crippen molar-refractivity contribution in [2.45, 2.75) is 122 Å². The number of allylic oxidation sites excluding steroid dienone is 1. The van der Waals surface area contributed by atoms with Crippen LogP contribution in [0.15, 0.2) is 85.0 Å². The second-order valence-electron chi connectivity index (χ2n) is 24.3. The fourth-order valence-corrected chi connectivity index (χ4v) is 12.4. The van der Waals surface area contributed by atoms with E-state index in [0.717, 1.165) is 21.9 Å². The Bertz CT molecular complexity index is 3540. The van der Waals surface area contributed by atoms with Crippen molar-refractivity contribution in [3.05, 3.63) is 96.1 Å². The minimum absolute atomic E-state index is 0.0272. The third-order valence-electron chi connectivity index (χ3n) is 17.0. The van der Waals surface area contributed by atoms with Crippen molar-refractivity contribution < 1.29 is 86.8 Å². The van der Waals surface area contributed by atoms with Crippen LogP contribution in [0.2, 0.25) is 0 Å². The van der Waals surface area contributed by atoms with Crippen molar-refractivity contribution in [3.63, 3.8) is 0 Å². The third kappa shape index (κ3) is 20.4. The normalized spacial score (nSPS) is 23.7. The van der Waals surface area contributed by atoms with Crippen LogP contribution in [0.1, 0.15) is 115 Å².